The maximum atomic E-state index is 11.6. The zero-order valence-electron chi connectivity index (χ0n) is 12.7. The van der Waals surface area contributed by atoms with Crippen LogP contribution >= 0.6 is 0 Å². The van der Waals surface area contributed by atoms with Gasteiger partial charge in [-0.05, 0) is 18.9 Å². The number of benzene rings is 1. The SMILES string of the molecule is CCOc1ccccc1CNCCC(=O)NCC(C)C. The highest BCUT2D eigenvalue weighted by molar-refractivity contribution is 5.76. The number of amides is 1. The van der Waals surface area contributed by atoms with Crippen molar-refractivity contribution in [3.63, 3.8) is 0 Å². The van der Waals surface area contributed by atoms with E-state index in [0.717, 1.165) is 17.9 Å². The van der Waals surface area contributed by atoms with Gasteiger partial charge in [0, 0.05) is 31.6 Å². The molecule has 20 heavy (non-hydrogen) atoms. The minimum Gasteiger partial charge on any atom is -0.494 e. The Bertz CT molecular complexity index is 405. The van der Waals surface area contributed by atoms with Gasteiger partial charge in [0.2, 0.25) is 5.91 Å². The van der Waals surface area contributed by atoms with Gasteiger partial charge in [0.25, 0.3) is 0 Å². The Kier molecular flexibility index (Phi) is 7.73. The second-order valence-electron chi connectivity index (χ2n) is 5.17. The average Bonchev–Trinajstić information content (AvgIpc) is 2.43. The molecule has 2 N–H and O–H groups in total. The molecule has 4 nitrogen and oxygen atoms in total. The second-order valence-corrected chi connectivity index (χ2v) is 5.17. The van der Waals surface area contributed by atoms with Crippen LogP contribution in [0.15, 0.2) is 24.3 Å². The van der Waals surface area contributed by atoms with Crippen LogP contribution in [0, 0.1) is 5.92 Å². The highest BCUT2D eigenvalue weighted by Crippen LogP contribution is 2.17. The minimum absolute atomic E-state index is 0.101. The van der Waals surface area contributed by atoms with Gasteiger partial charge in [-0.2, -0.15) is 0 Å². The third-order valence-electron chi connectivity index (χ3n) is 2.82. The molecule has 0 heterocycles. The standard InChI is InChI=1S/C16H26N2O2/c1-4-20-15-8-6-5-7-14(15)12-17-10-9-16(19)18-11-13(2)3/h5-8,13,17H,4,9-12H2,1-3H3,(H,18,19). The topological polar surface area (TPSA) is 50.4 Å². The first-order valence-electron chi connectivity index (χ1n) is 7.31. The lowest BCUT2D eigenvalue weighted by atomic mass is 10.2. The highest BCUT2D eigenvalue weighted by Gasteiger charge is 2.04. The van der Waals surface area contributed by atoms with Crippen molar-refractivity contribution in [3.8, 4) is 5.75 Å². The number of hydrogen-bond acceptors (Lipinski definition) is 3. The van der Waals surface area contributed by atoms with E-state index in [4.69, 9.17) is 4.74 Å². The van der Waals surface area contributed by atoms with Gasteiger partial charge in [-0.25, -0.2) is 0 Å². The summed E-state index contributed by atoms with van der Waals surface area (Å²) in [6.07, 6.45) is 0.503. The summed E-state index contributed by atoms with van der Waals surface area (Å²) in [5.74, 6) is 1.50. The van der Waals surface area contributed by atoms with Crippen LogP contribution < -0.4 is 15.4 Å². The van der Waals surface area contributed by atoms with E-state index >= 15 is 0 Å². The zero-order valence-corrected chi connectivity index (χ0v) is 12.7. The Hall–Kier alpha value is -1.55. The van der Waals surface area contributed by atoms with E-state index in [9.17, 15) is 4.79 Å². The zero-order chi connectivity index (χ0) is 14.8. The largest absolute Gasteiger partial charge is 0.494 e. The van der Waals surface area contributed by atoms with Crippen LogP contribution in [0.1, 0.15) is 32.8 Å². The molecule has 0 atom stereocenters. The summed E-state index contributed by atoms with van der Waals surface area (Å²) in [5, 5.41) is 6.19. The van der Waals surface area contributed by atoms with E-state index < -0.39 is 0 Å². The third kappa shape index (κ3) is 6.57. The number of ether oxygens (including phenoxy) is 1. The fourth-order valence-corrected chi connectivity index (χ4v) is 1.78. The lowest BCUT2D eigenvalue weighted by Gasteiger charge is -2.11. The summed E-state index contributed by atoms with van der Waals surface area (Å²) in [7, 11) is 0. The van der Waals surface area contributed by atoms with Crippen LogP contribution in [0.3, 0.4) is 0 Å². The summed E-state index contributed by atoms with van der Waals surface area (Å²) >= 11 is 0. The van der Waals surface area contributed by atoms with Gasteiger partial charge >= 0.3 is 0 Å². The molecular weight excluding hydrogens is 252 g/mol. The average molecular weight is 278 g/mol. The fraction of sp³-hybridized carbons (Fsp3) is 0.562. The smallest absolute Gasteiger partial charge is 0.221 e. The first-order valence-corrected chi connectivity index (χ1v) is 7.31. The molecule has 0 saturated carbocycles. The predicted octanol–water partition coefficient (Wildman–Crippen LogP) is 2.34. The van der Waals surface area contributed by atoms with Gasteiger partial charge in [-0.1, -0.05) is 32.0 Å². The number of nitrogens with one attached hydrogen (secondary N) is 2. The molecule has 0 spiro atoms. The quantitative estimate of drug-likeness (QED) is 0.682. The van der Waals surface area contributed by atoms with Crippen LogP contribution in [0.5, 0.6) is 5.75 Å². The van der Waals surface area contributed by atoms with Crippen LogP contribution in [0.25, 0.3) is 0 Å². The van der Waals surface area contributed by atoms with Gasteiger partial charge in [-0.3, -0.25) is 4.79 Å². The van der Waals surface area contributed by atoms with Gasteiger partial charge in [-0.15, -0.1) is 0 Å². The van der Waals surface area contributed by atoms with Gasteiger partial charge in [0.15, 0.2) is 0 Å². The van der Waals surface area contributed by atoms with Crippen LogP contribution in [0.2, 0.25) is 0 Å². The van der Waals surface area contributed by atoms with E-state index in [-0.39, 0.29) is 5.91 Å². The molecular formula is C16H26N2O2. The third-order valence-corrected chi connectivity index (χ3v) is 2.82. The van der Waals surface area contributed by atoms with Crippen molar-refractivity contribution >= 4 is 5.91 Å². The van der Waals surface area contributed by atoms with E-state index in [1.165, 1.54) is 0 Å². The molecule has 0 aliphatic carbocycles. The molecule has 0 saturated heterocycles. The lowest BCUT2D eigenvalue weighted by Crippen LogP contribution is -2.30. The molecule has 4 heteroatoms. The van der Waals surface area contributed by atoms with E-state index in [1.54, 1.807) is 0 Å². The first kappa shape index (κ1) is 16.5. The Morgan fingerprint density at radius 1 is 1.30 bits per heavy atom. The van der Waals surface area contributed by atoms with Crippen LogP contribution in [-0.4, -0.2) is 25.6 Å². The van der Waals surface area contributed by atoms with Gasteiger partial charge < -0.3 is 15.4 Å². The van der Waals surface area contributed by atoms with Crippen molar-refractivity contribution in [1.29, 1.82) is 0 Å². The molecule has 0 radical (unpaired) electrons. The van der Waals surface area contributed by atoms with Gasteiger partial charge in [0.05, 0.1) is 6.61 Å². The maximum Gasteiger partial charge on any atom is 0.221 e. The number of carbonyl (C=O) groups is 1. The van der Waals surface area contributed by atoms with Crippen molar-refractivity contribution in [2.24, 2.45) is 5.92 Å². The van der Waals surface area contributed by atoms with Gasteiger partial charge in [0.1, 0.15) is 5.75 Å². The molecule has 0 bridgehead atoms. The van der Waals surface area contributed by atoms with Crippen molar-refractivity contribution in [1.82, 2.24) is 10.6 Å². The minimum atomic E-state index is 0.101. The van der Waals surface area contributed by atoms with E-state index in [1.807, 2.05) is 31.2 Å². The molecule has 1 amide bonds. The predicted molar refractivity (Wildman–Crippen MR) is 81.8 cm³/mol. The van der Waals surface area contributed by atoms with Crippen molar-refractivity contribution < 1.29 is 9.53 Å². The van der Waals surface area contributed by atoms with E-state index in [2.05, 4.69) is 24.5 Å². The Morgan fingerprint density at radius 3 is 2.75 bits per heavy atom. The summed E-state index contributed by atoms with van der Waals surface area (Å²) in [4.78, 5) is 11.6. The molecule has 0 aliphatic heterocycles. The monoisotopic (exact) mass is 278 g/mol. The summed E-state index contributed by atoms with van der Waals surface area (Å²) in [6, 6.07) is 7.97. The lowest BCUT2D eigenvalue weighted by molar-refractivity contribution is -0.121. The van der Waals surface area contributed by atoms with E-state index in [0.29, 0.717) is 32.0 Å². The van der Waals surface area contributed by atoms with Crippen molar-refractivity contribution in [2.75, 3.05) is 19.7 Å². The Morgan fingerprint density at radius 2 is 2.05 bits per heavy atom. The van der Waals surface area contributed by atoms with Crippen molar-refractivity contribution in [3.05, 3.63) is 29.8 Å². The number of para-hydroxylation sites is 1. The van der Waals surface area contributed by atoms with Crippen LogP contribution in [0.4, 0.5) is 0 Å². The number of carbonyl (C=O) groups excluding carboxylic acids is 1. The first-order chi connectivity index (χ1) is 9.63. The van der Waals surface area contributed by atoms with Crippen molar-refractivity contribution in [2.45, 2.75) is 33.7 Å². The Balaban J connectivity index is 2.25. The maximum absolute atomic E-state index is 11.6. The molecule has 1 aromatic carbocycles. The summed E-state index contributed by atoms with van der Waals surface area (Å²) in [6.45, 7) is 8.94. The molecule has 0 fully saturated rings. The number of hydrogen-bond donors (Lipinski definition) is 2. The van der Waals surface area contributed by atoms with Crippen LogP contribution in [-0.2, 0) is 11.3 Å². The number of rotatable bonds is 9. The molecule has 0 aromatic heterocycles. The molecule has 1 aromatic rings. The molecule has 0 unspecified atom stereocenters. The molecule has 1 rings (SSSR count). The fourth-order valence-electron chi connectivity index (χ4n) is 1.78. The second kappa shape index (κ2) is 9.37. The molecule has 112 valence electrons. The normalized spacial score (nSPS) is 10.6. The summed E-state index contributed by atoms with van der Waals surface area (Å²) in [5.41, 5.74) is 1.12. The Labute approximate surface area is 121 Å². The highest BCUT2D eigenvalue weighted by atomic mass is 16.5. The molecule has 0 aliphatic rings. The summed E-state index contributed by atoms with van der Waals surface area (Å²) < 4.78 is 5.56.